The van der Waals surface area contributed by atoms with Crippen molar-refractivity contribution < 1.29 is 23.8 Å². The van der Waals surface area contributed by atoms with Crippen molar-refractivity contribution >= 4 is 11.7 Å². The monoisotopic (exact) mass is 409 g/mol. The number of ether oxygens (including phenoxy) is 3. The Bertz CT molecular complexity index is 983. The van der Waals surface area contributed by atoms with Gasteiger partial charge in [0, 0.05) is 37.6 Å². The number of hydrogen-bond donors (Lipinski definition) is 0. The normalized spacial score (nSPS) is 17.3. The summed E-state index contributed by atoms with van der Waals surface area (Å²) < 4.78 is 16.9. The van der Waals surface area contributed by atoms with Crippen molar-refractivity contribution in [3.63, 3.8) is 0 Å². The number of carbonyl (C=O) groups is 2. The molecule has 0 atom stereocenters. The molecule has 6 heteroatoms. The lowest BCUT2D eigenvalue weighted by Crippen LogP contribution is -2.52. The van der Waals surface area contributed by atoms with Crippen LogP contribution in [0, 0.1) is 13.8 Å². The average molecular weight is 409 g/mol. The van der Waals surface area contributed by atoms with E-state index < -0.39 is 5.60 Å². The zero-order valence-electron chi connectivity index (χ0n) is 17.9. The standard InChI is InChI=1S/C24H27NO5/c1-15-9-20-21(26)14-24(30-22(20)10-16(15)2)5-7-25(8-6-24)23(27)17-11-18(28-3)13-19(12-17)29-4/h9-13H,5-8,14H2,1-4H3. The number of aryl methyl sites for hydroxylation is 2. The van der Waals surface area contributed by atoms with Crippen molar-refractivity contribution in [3.05, 3.63) is 52.6 Å². The van der Waals surface area contributed by atoms with Gasteiger partial charge in [-0.2, -0.15) is 0 Å². The molecule has 2 aliphatic rings. The van der Waals surface area contributed by atoms with Gasteiger partial charge in [0.05, 0.1) is 26.2 Å². The van der Waals surface area contributed by atoms with E-state index in [9.17, 15) is 9.59 Å². The number of methoxy groups -OCH3 is 2. The summed E-state index contributed by atoms with van der Waals surface area (Å²) in [6, 6.07) is 9.07. The van der Waals surface area contributed by atoms with Gasteiger partial charge >= 0.3 is 0 Å². The van der Waals surface area contributed by atoms with Crippen LogP contribution in [0.1, 0.15) is 51.1 Å². The van der Waals surface area contributed by atoms with Crippen molar-refractivity contribution in [1.82, 2.24) is 4.90 Å². The molecule has 1 spiro atoms. The van der Waals surface area contributed by atoms with E-state index in [2.05, 4.69) is 0 Å². The Balaban J connectivity index is 1.51. The highest BCUT2D eigenvalue weighted by Crippen LogP contribution is 2.40. The Kier molecular flexibility index (Phi) is 5.18. The number of amides is 1. The molecule has 158 valence electrons. The minimum absolute atomic E-state index is 0.0731. The molecule has 0 saturated carbocycles. The Hall–Kier alpha value is -3.02. The second kappa shape index (κ2) is 7.67. The van der Waals surface area contributed by atoms with Gasteiger partial charge in [0.25, 0.3) is 5.91 Å². The van der Waals surface area contributed by atoms with Gasteiger partial charge in [-0.3, -0.25) is 9.59 Å². The predicted octanol–water partition coefficient (Wildman–Crippen LogP) is 3.96. The fraction of sp³-hybridized carbons (Fsp3) is 0.417. The molecule has 0 radical (unpaired) electrons. The number of carbonyl (C=O) groups excluding carboxylic acids is 2. The van der Waals surface area contributed by atoms with E-state index in [1.54, 1.807) is 32.4 Å². The lowest BCUT2D eigenvalue weighted by molar-refractivity contribution is -0.00577. The second-order valence-corrected chi connectivity index (χ2v) is 8.21. The van der Waals surface area contributed by atoms with Crippen LogP contribution < -0.4 is 14.2 Å². The highest BCUT2D eigenvalue weighted by atomic mass is 16.5. The van der Waals surface area contributed by atoms with Crippen LogP contribution in [0.15, 0.2) is 30.3 Å². The summed E-state index contributed by atoms with van der Waals surface area (Å²) >= 11 is 0. The first-order chi connectivity index (χ1) is 14.3. The van der Waals surface area contributed by atoms with Crippen molar-refractivity contribution in [2.75, 3.05) is 27.3 Å². The maximum atomic E-state index is 13.1. The zero-order chi connectivity index (χ0) is 21.5. The summed E-state index contributed by atoms with van der Waals surface area (Å²) in [7, 11) is 3.12. The van der Waals surface area contributed by atoms with Crippen LogP contribution in [0.4, 0.5) is 0 Å². The molecule has 2 aliphatic heterocycles. The van der Waals surface area contributed by atoms with Crippen LogP contribution >= 0.6 is 0 Å². The number of fused-ring (bicyclic) bond motifs is 1. The topological polar surface area (TPSA) is 65.1 Å². The molecule has 2 heterocycles. The summed E-state index contributed by atoms with van der Waals surface area (Å²) in [5.41, 5.74) is 2.87. The number of rotatable bonds is 3. The third-order valence-electron chi connectivity index (χ3n) is 6.27. The van der Waals surface area contributed by atoms with Crippen LogP contribution in [0.2, 0.25) is 0 Å². The molecule has 1 saturated heterocycles. The molecule has 0 N–H and O–H groups in total. The first-order valence-corrected chi connectivity index (χ1v) is 10.2. The van der Waals surface area contributed by atoms with Crippen molar-refractivity contribution in [3.8, 4) is 17.2 Å². The van der Waals surface area contributed by atoms with Crippen molar-refractivity contribution in [2.45, 2.75) is 38.7 Å². The smallest absolute Gasteiger partial charge is 0.254 e. The lowest BCUT2D eigenvalue weighted by atomic mass is 9.81. The first kappa shape index (κ1) is 20.3. The summed E-state index contributed by atoms with van der Waals surface area (Å²) in [5, 5.41) is 0. The Morgan fingerprint density at radius 3 is 2.17 bits per heavy atom. The van der Waals surface area contributed by atoms with Gasteiger partial charge in [-0.05, 0) is 49.2 Å². The third kappa shape index (κ3) is 3.62. The number of benzene rings is 2. The van der Waals surface area contributed by atoms with Crippen LogP contribution in [-0.2, 0) is 0 Å². The molecule has 1 amide bonds. The molecule has 2 aromatic rings. The van der Waals surface area contributed by atoms with E-state index in [0.717, 1.165) is 11.1 Å². The molecular weight excluding hydrogens is 382 g/mol. The molecule has 0 aromatic heterocycles. The highest BCUT2D eigenvalue weighted by molar-refractivity contribution is 6.01. The van der Waals surface area contributed by atoms with Gasteiger partial charge < -0.3 is 19.1 Å². The van der Waals surface area contributed by atoms with Gasteiger partial charge in [-0.15, -0.1) is 0 Å². The zero-order valence-corrected chi connectivity index (χ0v) is 17.9. The molecule has 0 aliphatic carbocycles. The van der Waals surface area contributed by atoms with Crippen LogP contribution in [0.3, 0.4) is 0 Å². The maximum Gasteiger partial charge on any atom is 0.254 e. The molecule has 0 bridgehead atoms. The fourth-order valence-corrected chi connectivity index (χ4v) is 4.26. The van der Waals surface area contributed by atoms with Crippen LogP contribution in [0.5, 0.6) is 17.2 Å². The maximum absolute atomic E-state index is 13.1. The predicted molar refractivity (Wildman–Crippen MR) is 113 cm³/mol. The summed E-state index contributed by atoms with van der Waals surface area (Å²) in [4.78, 5) is 27.7. The minimum atomic E-state index is -0.533. The van der Waals surface area contributed by atoms with Gasteiger partial charge in [0.2, 0.25) is 0 Å². The van der Waals surface area contributed by atoms with Gasteiger partial charge in [-0.25, -0.2) is 0 Å². The lowest BCUT2D eigenvalue weighted by Gasteiger charge is -2.44. The van der Waals surface area contributed by atoms with E-state index in [4.69, 9.17) is 14.2 Å². The molecule has 0 unspecified atom stereocenters. The number of likely N-dealkylation sites (tertiary alicyclic amines) is 1. The number of nitrogens with zero attached hydrogens (tertiary/aromatic N) is 1. The van der Waals surface area contributed by atoms with Gasteiger partial charge in [0.1, 0.15) is 22.8 Å². The minimum Gasteiger partial charge on any atom is -0.497 e. The second-order valence-electron chi connectivity index (χ2n) is 8.21. The van der Waals surface area contributed by atoms with Crippen molar-refractivity contribution in [2.24, 2.45) is 0 Å². The summed E-state index contributed by atoms with van der Waals surface area (Å²) in [6.45, 7) is 5.09. The number of piperidine rings is 1. The van der Waals surface area contributed by atoms with Crippen LogP contribution in [-0.4, -0.2) is 49.5 Å². The molecular formula is C24H27NO5. The number of Topliss-reactive ketones (excluding diaryl/α,β-unsaturated/α-hetero) is 1. The van der Waals surface area contributed by atoms with Crippen LogP contribution in [0.25, 0.3) is 0 Å². The number of hydrogen-bond acceptors (Lipinski definition) is 5. The largest absolute Gasteiger partial charge is 0.497 e. The van der Waals surface area contributed by atoms with Gasteiger partial charge in [0.15, 0.2) is 5.78 Å². The molecule has 2 aromatic carbocycles. The van der Waals surface area contributed by atoms with E-state index in [1.807, 2.05) is 30.9 Å². The average Bonchev–Trinajstić information content (AvgIpc) is 2.75. The summed E-state index contributed by atoms with van der Waals surface area (Å²) in [5.74, 6) is 1.88. The van der Waals surface area contributed by atoms with Crippen molar-refractivity contribution in [1.29, 1.82) is 0 Å². The van der Waals surface area contributed by atoms with E-state index in [1.165, 1.54) is 0 Å². The van der Waals surface area contributed by atoms with E-state index in [0.29, 0.717) is 60.7 Å². The number of ketones is 1. The quantitative estimate of drug-likeness (QED) is 0.768. The Morgan fingerprint density at radius 1 is 0.967 bits per heavy atom. The fourth-order valence-electron chi connectivity index (χ4n) is 4.26. The van der Waals surface area contributed by atoms with E-state index >= 15 is 0 Å². The van der Waals surface area contributed by atoms with Gasteiger partial charge in [-0.1, -0.05) is 0 Å². The SMILES string of the molecule is COc1cc(OC)cc(C(=O)N2CCC3(CC2)CC(=O)c2cc(C)c(C)cc2O3)c1. The Labute approximate surface area is 176 Å². The third-order valence-corrected chi connectivity index (χ3v) is 6.27. The molecule has 30 heavy (non-hydrogen) atoms. The Morgan fingerprint density at radius 2 is 1.57 bits per heavy atom. The molecule has 1 fully saturated rings. The van der Waals surface area contributed by atoms with E-state index in [-0.39, 0.29) is 11.7 Å². The molecule has 6 nitrogen and oxygen atoms in total. The highest BCUT2D eigenvalue weighted by Gasteiger charge is 2.44. The summed E-state index contributed by atoms with van der Waals surface area (Å²) in [6.07, 6.45) is 1.60. The first-order valence-electron chi connectivity index (χ1n) is 10.2. The molecule has 4 rings (SSSR count).